The number of aromatic amines is 1. The van der Waals surface area contributed by atoms with E-state index in [4.69, 9.17) is 4.74 Å². The van der Waals surface area contributed by atoms with Gasteiger partial charge in [-0.25, -0.2) is 4.79 Å². The summed E-state index contributed by atoms with van der Waals surface area (Å²) in [6, 6.07) is 0.718. The van der Waals surface area contributed by atoms with E-state index in [2.05, 4.69) is 9.72 Å². The first-order valence-corrected chi connectivity index (χ1v) is 6.62. The van der Waals surface area contributed by atoms with Crippen LogP contribution in [0.5, 0.6) is 0 Å². The number of hydrogen-bond acceptors (Lipinski definition) is 4. The van der Waals surface area contributed by atoms with Gasteiger partial charge in [-0.05, 0) is 33.8 Å². The van der Waals surface area contributed by atoms with Gasteiger partial charge in [0.25, 0.3) is 0 Å². The van der Waals surface area contributed by atoms with Gasteiger partial charge in [-0.2, -0.15) is 13.2 Å². The van der Waals surface area contributed by atoms with Crippen LogP contribution in [0, 0.1) is 0 Å². The van der Waals surface area contributed by atoms with Crippen LogP contribution in [0.2, 0.25) is 0 Å². The number of alkyl halides is 3. The molecule has 0 aliphatic rings. The van der Waals surface area contributed by atoms with Crippen LogP contribution in [0.1, 0.15) is 49.4 Å². The number of aromatic nitrogens is 1. The van der Waals surface area contributed by atoms with E-state index in [1.54, 1.807) is 27.7 Å². The molecule has 22 heavy (non-hydrogen) atoms. The number of carbonyl (C=O) groups excluding carboxylic acids is 2. The molecular weight excluding hydrogens is 303 g/mol. The Morgan fingerprint density at radius 2 is 1.82 bits per heavy atom. The zero-order chi connectivity index (χ0) is 17.1. The molecule has 0 bridgehead atoms. The summed E-state index contributed by atoms with van der Waals surface area (Å²) in [6.45, 7) is 6.33. The van der Waals surface area contributed by atoms with Crippen molar-refractivity contribution in [2.24, 2.45) is 0 Å². The van der Waals surface area contributed by atoms with E-state index in [9.17, 15) is 22.8 Å². The Balaban J connectivity index is 3.11. The molecule has 1 aromatic heterocycles. The molecule has 124 valence electrons. The average molecular weight is 321 g/mol. The third-order valence-electron chi connectivity index (χ3n) is 2.42. The van der Waals surface area contributed by atoms with E-state index in [0.717, 1.165) is 6.07 Å². The van der Waals surface area contributed by atoms with Crippen molar-refractivity contribution >= 4 is 11.9 Å². The van der Waals surface area contributed by atoms with Gasteiger partial charge in [0.05, 0.1) is 18.6 Å². The quantitative estimate of drug-likeness (QED) is 0.865. The van der Waals surface area contributed by atoms with Crippen LogP contribution in [0.15, 0.2) is 6.07 Å². The molecule has 8 heteroatoms. The van der Waals surface area contributed by atoms with Gasteiger partial charge in [-0.15, -0.1) is 0 Å². The maximum absolute atomic E-state index is 13.0. The lowest BCUT2D eigenvalue weighted by molar-refractivity contribution is -0.142. The highest BCUT2D eigenvalue weighted by atomic mass is 19.4. The van der Waals surface area contributed by atoms with E-state index in [1.165, 1.54) is 0 Å². The Kier molecular flexibility index (Phi) is 5.26. The highest BCUT2D eigenvalue weighted by molar-refractivity contribution is 5.90. The fourth-order valence-electron chi connectivity index (χ4n) is 1.69. The Hall–Kier alpha value is -1.99. The van der Waals surface area contributed by atoms with Crippen molar-refractivity contribution in [2.45, 2.75) is 45.9 Å². The molecule has 0 unspecified atom stereocenters. The number of carbonyl (C=O) groups is 2. The first kappa shape index (κ1) is 18.1. The zero-order valence-corrected chi connectivity index (χ0v) is 12.8. The van der Waals surface area contributed by atoms with Gasteiger partial charge in [0.2, 0.25) is 0 Å². The standard InChI is InChI=1S/C14H18F3NO4/c1-5-21-10(19)7-8-6-9(14(15,16)17)11(18-8)12(20)22-13(2,3)4/h6,18H,5,7H2,1-4H3. The topological polar surface area (TPSA) is 68.4 Å². The lowest BCUT2D eigenvalue weighted by Crippen LogP contribution is -2.25. The molecule has 0 spiro atoms. The molecule has 1 rings (SSSR count). The SMILES string of the molecule is CCOC(=O)Cc1cc(C(F)(F)F)c(C(=O)OC(C)(C)C)[nH]1. The summed E-state index contributed by atoms with van der Waals surface area (Å²) >= 11 is 0. The number of rotatable bonds is 4. The molecule has 0 saturated carbocycles. The number of hydrogen-bond donors (Lipinski definition) is 1. The van der Waals surface area contributed by atoms with Gasteiger partial charge in [-0.1, -0.05) is 0 Å². The predicted molar refractivity (Wildman–Crippen MR) is 71.3 cm³/mol. The van der Waals surface area contributed by atoms with Crippen molar-refractivity contribution in [3.05, 3.63) is 23.0 Å². The average Bonchev–Trinajstić information content (AvgIpc) is 2.70. The normalized spacial score (nSPS) is 12.1. The lowest BCUT2D eigenvalue weighted by Gasteiger charge is -2.19. The molecule has 0 fully saturated rings. The summed E-state index contributed by atoms with van der Waals surface area (Å²) in [5.74, 6) is -1.82. The first-order valence-electron chi connectivity index (χ1n) is 6.62. The van der Waals surface area contributed by atoms with Gasteiger partial charge in [-0.3, -0.25) is 4.79 Å². The summed E-state index contributed by atoms with van der Waals surface area (Å²) in [5.41, 5.74) is -2.89. The molecule has 1 heterocycles. The van der Waals surface area contributed by atoms with E-state index < -0.39 is 35.0 Å². The van der Waals surface area contributed by atoms with Crippen LogP contribution < -0.4 is 0 Å². The molecule has 5 nitrogen and oxygen atoms in total. The van der Waals surface area contributed by atoms with Gasteiger partial charge >= 0.3 is 18.1 Å². The molecule has 0 saturated heterocycles. The Morgan fingerprint density at radius 1 is 1.23 bits per heavy atom. The molecule has 0 atom stereocenters. The van der Waals surface area contributed by atoms with Crippen LogP contribution in [-0.4, -0.2) is 29.1 Å². The van der Waals surface area contributed by atoms with Crippen molar-refractivity contribution in [1.29, 1.82) is 0 Å². The zero-order valence-electron chi connectivity index (χ0n) is 12.8. The van der Waals surface area contributed by atoms with Gasteiger partial charge in [0.1, 0.15) is 11.3 Å². The van der Waals surface area contributed by atoms with Crippen molar-refractivity contribution in [3.8, 4) is 0 Å². The molecule has 1 aromatic rings. The van der Waals surface area contributed by atoms with Crippen LogP contribution in [0.3, 0.4) is 0 Å². The van der Waals surface area contributed by atoms with Crippen molar-refractivity contribution in [2.75, 3.05) is 6.61 Å². The van der Waals surface area contributed by atoms with Crippen LogP contribution >= 0.6 is 0 Å². The number of esters is 2. The number of ether oxygens (including phenoxy) is 2. The third-order valence-corrected chi connectivity index (χ3v) is 2.42. The molecule has 1 N–H and O–H groups in total. The van der Waals surface area contributed by atoms with E-state index >= 15 is 0 Å². The van der Waals surface area contributed by atoms with E-state index in [-0.39, 0.29) is 18.7 Å². The molecule has 0 aliphatic heterocycles. The van der Waals surface area contributed by atoms with Crippen molar-refractivity contribution in [1.82, 2.24) is 4.98 Å². The smallest absolute Gasteiger partial charge is 0.418 e. The fraction of sp³-hybridized carbons (Fsp3) is 0.571. The van der Waals surface area contributed by atoms with E-state index in [1.807, 2.05) is 0 Å². The molecule has 0 aromatic carbocycles. The van der Waals surface area contributed by atoms with Crippen LogP contribution in [0.25, 0.3) is 0 Å². The fourth-order valence-corrected chi connectivity index (χ4v) is 1.69. The second-order valence-electron chi connectivity index (χ2n) is 5.56. The number of halogens is 3. The minimum atomic E-state index is -4.74. The second kappa shape index (κ2) is 6.41. The number of nitrogens with one attached hydrogen (secondary N) is 1. The Morgan fingerprint density at radius 3 is 2.27 bits per heavy atom. The molecule has 0 aliphatic carbocycles. The van der Waals surface area contributed by atoms with Crippen LogP contribution in [0.4, 0.5) is 13.2 Å². The van der Waals surface area contributed by atoms with E-state index in [0.29, 0.717) is 0 Å². The summed E-state index contributed by atoms with van der Waals surface area (Å²) in [6.07, 6.45) is -5.13. The Bertz CT molecular complexity index is 555. The van der Waals surface area contributed by atoms with Gasteiger partial charge < -0.3 is 14.5 Å². The summed E-state index contributed by atoms with van der Waals surface area (Å²) in [4.78, 5) is 25.5. The van der Waals surface area contributed by atoms with Crippen molar-refractivity contribution < 1.29 is 32.2 Å². The number of H-pyrrole nitrogens is 1. The molecule has 0 radical (unpaired) electrons. The highest BCUT2D eigenvalue weighted by Crippen LogP contribution is 2.33. The monoisotopic (exact) mass is 321 g/mol. The van der Waals surface area contributed by atoms with Crippen LogP contribution in [-0.2, 0) is 26.9 Å². The summed E-state index contributed by atoms with van der Waals surface area (Å²) < 4.78 is 48.6. The largest absolute Gasteiger partial charge is 0.466 e. The second-order valence-corrected chi connectivity index (χ2v) is 5.56. The van der Waals surface area contributed by atoms with Gasteiger partial charge in [0.15, 0.2) is 0 Å². The molecule has 0 amide bonds. The minimum absolute atomic E-state index is 0.0633. The first-order chi connectivity index (χ1) is 9.94. The van der Waals surface area contributed by atoms with Crippen molar-refractivity contribution in [3.63, 3.8) is 0 Å². The predicted octanol–water partition coefficient (Wildman–Crippen LogP) is 3.09. The Labute approximate surface area is 125 Å². The summed E-state index contributed by atoms with van der Waals surface area (Å²) in [7, 11) is 0. The molecular formula is C14H18F3NO4. The van der Waals surface area contributed by atoms with Gasteiger partial charge in [0, 0.05) is 5.69 Å². The maximum Gasteiger partial charge on any atom is 0.418 e. The minimum Gasteiger partial charge on any atom is -0.466 e. The highest BCUT2D eigenvalue weighted by Gasteiger charge is 2.38. The lowest BCUT2D eigenvalue weighted by atomic mass is 10.2. The summed E-state index contributed by atoms with van der Waals surface area (Å²) in [5, 5.41) is 0. The third kappa shape index (κ3) is 5.09. The maximum atomic E-state index is 13.0.